The zero-order valence-corrected chi connectivity index (χ0v) is 28.4. The van der Waals surface area contributed by atoms with E-state index >= 15 is 0 Å². The summed E-state index contributed by atoms with van der Waals surface area (Å²) >= 11 is 8.83. The number of β-lactam (4-membered cyclic amide) rings is 1. The van der Waals surface area contributed by atoms with E-state index in [0.717, 1.165) is 28.3 Å². The molecule has 2 aliphatic rings. The Labute approximate surface area is 296 Å². The molecule has 2 aliphatic heterocycles. The number of carbonyl (C=O) groups is 4. The number of hydrogen-bond donors (Lipinski definition) is 4. The zero-order valence-electron chi connectivity index (χ0n) is 26.0. The smallest absolute Gasteiger partial charge is 0.290 e. The number of thioether (sulfide) groups is 1. The number of amidine groups is 1. The molecule has 6 N–H and O–H groups in total. The number of ketones is 1. The molecular weight excluding hydrogens is 715 g/mol. The first-order valence-corrected chi connectivity index (χ1v) is 16.8. The lowest BCUT2D eigenvalue weighted by atomic mass is 9.89. The van der Waals surface area contributed by atoms with Gasteiger partial charge in [0, 0.05) is 56.9 Å². The van der Waals surface area contributed by atoms with E-state index in [4.69, 9.17) is 43.2 Å². The molecule has 1 amide bonds. The van der Waals surface area contributed by atoms with Gasteiger partial charge in [0.05, 0.1) is 29.5 Å². The van der Waals surface area contributed by atoms with Crippen LogP contribution in [0.4, 0.5) is 9.52 Å². The van der Waals surface area contributed by atoms with Crippen molar-refractivity contribution >= 4 is 86.4 Å². The number of halogens is 2. The standard InChI is InChI=1S/C30H26ClFN8O5S2.CH2O2/c1-45-37-24(21-13-47-30(35)36-21)23(41)8-17-27(42)40-25(29(43)44)16(12-46-28(17)40)9-38-4-2-14-3-5-39(22(14)11-38)10-18-19(31)6-15(26(33)34)7-20(18)32;2-1-3/h2-7,11,13,17,28H,8-10,12H2,1H3,(H5-,33,34,35,36,43,44);1H,(H,2,3)/b37-24-;/t17-,28-;/m1./s1. The van der Waals surface area contributed by atoms with Gasteiger partial charge in [-0.05, 0) is 18.2 Å². The van der Waals surface area contributed by atoms with E-state index in [1.54, 1.807) is 33.1 Å². The lowest BCUT2D eigenvalue weighted by Crippen LogP contribution is -2.63. The van der Waals surface area contributed by atoms with Crippen molar-refractivity contribution < 1.29 is 43.2 Å². The highest BCUT2D eigenvalue weighted by atomic mass is 35.5. The van der Waals surface area contributed by atoms with Crippen LogP contribution in [0.5, 0.6) is 0 Å². The number of hydrogen-bond acceptors (Lipinski definition) is 12. The number of rotatable bonds is 11. The summed E-state index contributed by atoms with van der Waals surface area (Å²) in [6.07, 6.45) is 5.14. The van der Waals surface area contributed by atoms with Crippen LogP contribution in [-0.4, -0.2) is 73.5 Å². The largest absolute Gasteiger partial charge is 0.543 e. The molecule has 19 heteroatoms. The van der Waals surface area contributed by atoms with Crippen molar-refractivity contribution in [1.82, 2.24) is 14.5 Å². The number of Topliss-reactive ketones (excluding diaryl/α,β-unsaturated/α-hetero) is 1. The molecule has 0 unspecified atom stereocenters. The third kappa shape index (κ3) is 7.17. The number of amides is 1. The number of carboxylic acid groups (broad SMARTS) is 2. The molecular formula is C31H28ClFN8O7S2. The summed E-state index contributed by atoms with van der Waals surface area (Å²) in [6.45, 7) is -0.0220. The second-order valence-corrected chi connectivity index (χ2v) is 13.3. The minimum absolute atomic E-state index is 0.0708. The molecule has 15 nitrogen and oxygen atoms in total. The number of pyridine rings is 1. The number of nitrogens with two attached hydrogens (primary N) is 2. The Morgan fingerprint density at radius 3 is 2.72 bits per heavy atom. The van der Waals surface area contributed by atoms with Crippen molar-refractivity contribution in [2.24, 2.45) is 16.8 Å². The van der Waals surface area contributed by atoms with E-state index in [9.17, 15) is 23.9 Å². The van der Waals surface area contributed by atoms with Gasteiger partial charge in [0.1, 0.15) is 30.0 Å². The Bertz CT molecular complexity index is 2080. The van der Waals surface area contributed by atoms with Gasteiger partial charge in [0.2, 0.25) is 5.91 Å². The first-order valence-electron chi connectivity index (χ1n) is 14.5. The van der Waals surface area contributed by atoms with E-state index < -0.39 is 34.8 Å². The van der Waals surface area contributed by atoms with Crippen LogP contribution in [0, 0.1) is 17.1 Å². The monoisotopic (exact) mass is 742 g/mol. The minimum Gasteiger partial charge on any atom is -0.543 e. The van der Waals surface area contributed by atoms with Crippen LogP contribution in [0.1, 0.15) is 23.2 Å². The molecule has 2 atom stereocenters. The highest BCUT2D eigenvalue weighted by molar-refractivity contribution is 8.00. The highest BCUT2D eigenvalue weighted by Gasteiger charge is 2.53. The maximum atomic E-state index is 14.9. The van der Waals surface area contributed by atoms with E-state index in [2.05, 4.69) is 10.1 Å². The van der Waals surface area contributed by atoms with Gasteiger partial charge in [-0.25, -0.2) is 9.37 Å². The van der Waals surface area contributed by atoms with E-state index in [0.29, 0.717) is 5.57 Å². The number of carboxylic acids is 1. The molecule has 260 valence electrons. The number of benzene rings is 1. The van der Waals surface area contributed by atoms with Crippen molar-refractivity contribution in [2.75, 3.05) is 18.6 Å². The third-order valence-corrected chi connectivity index (χ3v) is 10.3. The van der Waals surface area contributed by atoms with E-state index in [-0.39, 0.29) is 76.0 Å². The number of nitrogens with zero attached hydrogens (tertiary/aromatic N) is 5. The molecule has 1 aromatic carbocycles. The summed E-state index contributed by atoms with van der Waals surface area (Å²) in [5, 5.41) is 32.8. The van der Waals surface area contributed by atoms with Crippen LogP contribution in [0.15, 0.2) is 64.7 Å². The molecule has 0 bridgehead atoms. The summed E-state index contributed by atoms with van der Waals surface area (Å²) in [5.74, 6) is -3.87. The number of nitrogens with one attached hydrogen (secondary N) is 1. The molecule has 1 saturated heterocycles. The van der Waals surface area contributed by atoms with Crippen LogP contribution >= 0.6 is 34.7 Å². The zero-order chi connectivity index (χ0) is 36.3. The predicted molar refractivity (Wildman–Crippen MR) is 181 cm³/mol. The molecule has 0 radical (unpaired) electrons. The Kier molecular flexibility index (Phi) is 10.8. The number of aliphatic carboxylic acids is 1. The lowest BCUT2D eigenvalue weighted by Gasteiger charge is -2.50. The Balaban J connectivity index is 0.00000156. The van der Waals surface area contributed by atoms with Crippen LogP contribution in [0.3, 0.4) is 0 Å². The fourth-order valence-electron chi connectivity index (χ4n) is 5.66. The van der Waals surface area contributed by atoms with Crippen molar-refractivity contribution in [3.63, 3.8) is 0 Å². The quantitative estimate of drug-likeness (QED) is 0.0427. The summed E-state index contributed by atoms with van der Waals surface area (Å²) in [5.41, 5.74) is 12.7. The Morgan fingerprint density at radius 1 is 1.36 bits per heavy atom. The lowest BCUT2D eigenvalue weighted by molar-refractivity contribution is -0.687. The minimum atomic E-state index is -1.49. The van der Waals surface area contributed by atoms with Crippen molar-refractivity contribution in [2.45, 2.75) is 24.9 Å². The second kappa shape index (κ2) is 15.1. The van der Waals surface area contributed by atoms with Crippen LogP contribution < -0.4 is 21.1 Å². The molecule has 0 aliphatic carbocycles. The van der Waals surface area contributed by atoms with Gasteiger partial charge in [-0.3, -0.25) is 24.7 Å². The fraction of sp³-hybridized carbons (Fsp3) is 0.226. The Morgan fingerprint density at radius 2 is 2.10 bits per heavy atom. The number of fused-ring (bicyclic) bond motifs is 2. The van der Waals surface area contributed by atoms with Crippen molar-refractivity contribution in [3.05, 3.63) is 87.2 Å². The average Bonchev–Trinajstić information content (AvgIpc) is 3.69. The molecule has 0 spiro atoms. The SMILES string of the molecule is CO/N=C(\C(=O)C[C@@H]1C(=O)N2C(C(=O)[O-])=C(C[n+]3ccc4ccn(Cc5c(F)cc(C(=N)N)cc5Cl)c4c3)CS[C@H]12)c1csc(N)n1.O=CO. The van der Waals surface area contributed by atoms with Gasteiger partial charge in [-0.1, -0.05) is 16.8 Å². The Hall–Kier alpha value is -5.33. The van der Waals surface area contributed by atoms with Crippen molar-refractivity contribution in [3.8, 4) is 0 Å². The maximum absolute atomic E-state index is 14.9. The summed E-state index contributed by atoms with van der Waals surface area (Å²) in [4.78, 5) is 57.3. The number of carbonyl (C=O) groups excluding carboxylic acids is 3. The molecule has 5 heterocycles. The van der Waals surface area contributed by atoms with E-state index in [1.807, 2.05) is 12.1 Å². The fourth-order valence-corrected chi connectivity index (χ4v) is 7.88. The number of anilines is 1. The van der Waals surface area contributed by atoms with Crippen LogP contribution in [-0.2, 0) is 37.1 Å². The summed E-state index contributed by atoms with van der Waals surface area (Å²) in [6, 6.07) is 6.30. The van der Waals surface area contributed by atoms with Crippen molar-refractivity contribution in [1.29, 1.82) is 5.41 Å². The van der Waals surface area contributed by atoms with Gasteiger partial charge in [-0.15, -0.1) is 23.1 Å². The molecule has 1 fully saturated rings. The number of thiazole rings is 1. The van der Waals surface area contributed by atoms with Gasteiger partial charge in [0.15, 0.2) is 35.6 Å². The van der Waals surface area contributed by atoms with Crippen LogP contribution in [0.25, 0.3) is 10.9 Å². The van der Waals surface area contributed by atoms with Gasteiger partial charge in [0.25, 0.3) is 6.47 Å². The van der Waals surface area contributed by atoms with Gasteiger partial charge >= 0.3 is 0 Å². The molecule has 0 saturated carbocycles. The summed E-state index contributed by atoms with van der Waals surface area (Å²) < 4.78 is 18.5. The van der Waals surface area contributed by atoms with Gasteiger partial charge in [-0.2, -0.15) is 4.57 Å². The first kappa shape index (κ1) is 36.0. The van der Waals surface area contributed by atoms with E-state index in [1.165, 1.54) is 29.8 Å². The molecule has 3 aromatic heterocycles. The molecule has 50 heavy (non-hydrogen) atoms. The number of aromatic nitrogens is 3. The topological polar surface area (TPSA) is 234 Å². The second-order valence-electron chi connectivity index (χ2n) is 10.9. The third-order valence-electron chi connectivity index (χ3n) is 7.89. The van der Waals surface area contributed by atoms with Crippen LogP contribution in [0.2, 0.25) is 5.02 Å². The normalized spacial score (nSPS) is 17.1. The number of nitrogen functional groups attached to an aromatic ring is 2. The predicted octanol–water partition coefficient (Wildman–Crippen LogP) is 1.34. The molecule has 6 rings (SSSR count). The first-order chi connectivity index (χ1) is 23.9. The molecule has 4 aromatic rings. The maximum Gasteiger partial charge on any atom is 0.290 e. The average molecular weight is 743 g/mol. The summed E-state index contributed by atoms with van der Waals surface area (Å²) in [7, 11) is 1.28. The highest BCUT2D eigenvalue weighted by Crippen LogP contribution is 2.45. The van der Waals surface area contributed by atoms with Gasteiger partial charge < -0.3 is 35.9 Å². The number of oxime groups is 1.